The van der Waals surface area contributed by atoms with Crippen molar-refractivity contribution < 1.29 is 22.4 Å². The highest BCUT2D eigenvalue weighted by atomic mass is 32.2. The number of carbonyl (C=O) groups excluding carboxylic acids is 2. The summed E-state index contributed by atoms with van der Waals surface area (Å²) < 4.78 is 40.0. The van der Waals surface area contributed by atoms with Gasteiger partial charge in [-0.25, -0.2) is 12.8 Å². The normalized spacial score (nSPS) is 21.4. The van der Waals surface area contributed by atoms with Crippen molar-refractivity contribution >= 4 is 21.8 Å². The number of likely N-dealkylation sites (tertiary alicyclic amines) is 1. The predicted octanol–water partition coefficient (Wildman–Crippen LogP) is 2.13. The van der Waals surface area contributed by atoms with Crippen molar-refractivity contribution in [2.24, 2.45) is 5.92 Å². The highest BCUT2D eigenvalue weighted by Crippen LogP contribution is 2.26. The van der Waals surface area contributed by atoms with Gasteiger partial charge in [-0.2, -0.15) is 4.31 Å². The van der Waals surface area contributed by atoms with Crippen LogP contribution in [0.4, 0.5) is 4.39 Å². The molecule has 0 radical (unpaired) electrons. The molecular weight excluding hydrogens is 409 g/mol. The Morgan fingerprint density at radius 2 is 1.77 bits per heavy atom. The summed E-state index contributed by atoms with van der Waals surface area (Å²) in [6, 6.07) is 4.79. The molecule has 0 aliphatic carbocycles. The summed E-state index contributed by atoms with van der Waals surface area (Å²) in [5, 5.41) is 3.01. The van der Waals surface area contributed by atoms with Gasteiger partial charge in [0.2, 0.25) is 21.8 Å². The number of nitrogens with one attached hydrogen (secondary N) is 1. The number of nitrogens with zero attached hydrogens (tertiary/aromatic N) is 2. The van der Waals surface area contributed by atoms with Crippen LogP contribution in [0, 0.1) is 11.7 Å². The number of hydrogen-bond donors (Lipinski definition) is 1. The molecular formula is C21H30FN3O4S. The first-order valence-corrected chi connectivity index (χ1v) is 12.1. The predicted molar refractivity (Wildman–Crippen MR) is 111 cm³/mol. The highest BCUT2D eigenvalue weighted by molar-refractivity contribution is 7.89. The summed E-state index contributed by atoms with van der Waals surface area (Å²) in [5.74, 6) is -0.627. The van der Waals surface area contributed by atoms with Crippen molar-refractivity contribution in [2.45, 2.75) is 56.4 Å². The summed E-state index contributed by atoms with van der Waals surface area (Å²) in [6.07, 6.45) is 3.92. The molecule has 9 heteroatoms. The third kappa shape index (κ3) is 5.37. The molecule has 0 aromatic heterocycles. The molecule has 1 atom stereocenters. The second-order valence-electron chi connectivity index (χ2n) is 8.07. The van der Waals surface area contributed by atoms with Gasteiger partial charge in [0, 0.05) is 44.6 Å². The van der Waals surface area contributed by atoms with E-state index < -0.39 is 15.8 Å². The molecule has 166 valence electrons. The van der Waals surface area contributed by atoms with Gasteiger partial charge in [0.15, 0.2) is 0 Å². The fourth-order valence-electron chi connectivity index (χ4n) is 4.18. The van der Waals surface area contributed by atoms with Crippen LogP contribution < -0.4 is 5.32 Å². The van der Waals surface area contributed by atoms with E-state index in [2.05, 4.69) is 5.32 Å². The van der Waals surface area contributed by atoms with Crippen molar-refractivity contribution in [1.82, 2.24) is 14.5 Å². The van der Waals surface area contributed by atoms with Gasteiger partial charge in [0.25, 0.3) is 0 Å². The maximum Gasteiger partial charge on any atom is 0.243 e. The van der Waals surface area contributed by atoms with Gasteiger partial charge in [0.1, 0.15) is 5.82 Å². The van der Waals surface area contributed by atoms with Gasteiger partial charge in [-0.1, -0.05) is 6.92 Å². The third-order valence-electron chi connectivity index (χ3n) is 5.83. The Hall–Kier alpha value is -2.00. The molecule has 0 spiro atoms. The molecule has 1 aromatic carbocycles. The van der Waals surface area contributed by atoms with Gasteiger partial charge in [-0.15, -0.1) is 0 Å². The van der Waals surface area contributed by atoms with Crippen LogP contribution in [0.15, 0.2) is 29.2 Å². The van der Waals surface area contributed by atoms with Gasteiger partial charge in [-0.3, -0.25) is 9.59 Å². The number of carbonyl (C=O) groups is 2. The van der Waals surface area contributed by atoms with E-state index in [1.165, 1.54) is 16.4 Å². The number of halogens is 1. The minimum atomic E-state index is -3.69. The second kappa shape index (κ2) is 9.87. The summed E-state index contributed by atoms with van der Waals surface area (Å²) in [5.41, 5.74) is 0. The smallest absolute Gasteiger partial charge is 0.243 e. The van der Waals surface area contributed by atoms with Crippen molar-refractivity contribution in [2.75, 3.05) is 26.2 Å². The van der Waals surface area contributed by atoms with Crippen molar-refractivity contribution in [1.29, 1.82) is 0 Å². The van der Waals surface area contributed by atoms with E-state index in [0.717, 1.165) is 31.4 Å². The molecule has 2 fully saturated rings. The molecule has 2 amide bonds. The summed E-state index contributed by atoms with van der Waals surface area (Å²) in [4.78, 5) is 26.7. The lowest BCUT2D eigenvalue weighted by atomic mass is 9.95. The standard InChI is InChI=1S/C21H30FN3O4S/c1-2-4-20(26)23-18-5-3-12-24(15-18)21(27)16-10-13-25(14-11-16)30(28,29)19-8-6-17(22)7-9-19/h6-9,16,18H,2-5,10-15H2,1H3,(H,23,26). The van der Waals surface area contributed by atoms with Crippen molar-refractivity contribution in [3.63, 3.8) is 0 Å². The van der Waals surface area contributed by atoms with Crippen LogP contribution >= 0.6 is 0 Å². The van der Waals surface area contributed by atoms with Crippen molar-refractivity contribution in [3.8, 4) is 0 Å². The van der Waals surface area contributed by atoms with Crippen LogP contribution in [-0.2, 0) is 19.6 Å². The van der Waals surface area contributed by atoms with E-state index in [9.17, 15) is 22.4 Å². The third-order valence-corrected chi connectivity index (χ3v) is 7.74. The van der Waals surface area contributed by atoms with Gasteiger partial charge < -0.3 is 10.2 Å². The average molecular weight is 440 g/mol. The average Bonchev–Trinajstić information content (AvgIpc) is 2.74. The Kier molecular flexibility index (Phi) is 7.46. The topological polar surface area (TPSA) is 86.8 Å². The fourth-order valence-corrected chi connectivity index (χ4v) is 5.65. The zero-order valence-electron chi connectivity index (χ0n) is 17.3. The minimum absolute atomic E-state index is 0.0132. The van der Waals surface area contributed by atoms with Crippen LogP contribution in [0.1, 0.15) is 45.4 Å². The van der Waals surface area contributed by atoms with Crippen LogP contribution in [0.25, 0.3) is 0 Å². The molecule has 1 unspecified atom stereocenters. The molecule has 1 N–H and O–H groups in total. The van der Waals surface area contributed by atoms with E-state index in [-0.39, 0.29) is 41.8 Å². The minimum Gasteiger partial charge on any atom is -0.352 e. The molecule has 30 heavy (non-hydrogen) atoms. The molecule has 2 aliphatic heterocycles. The summed E-state index contributed by atoms with van der Waals surface area (Å²) >= 11 is 0. The molecule has 2 heterocycles. The SMILES string of the molecule is CCCC(=O)NC1CCCN(C(=O)C2CCN(S(=O)(=O)c3ccc(F)cc3)CC2)C1. The van der Waals surface area contributed by atoms with Gasteiger partial charge >= 0.3 is 0 Å². The molecule has 0 saturated carbocycles. The first-order chi connectivity index (χ1) is 14.3. The lowest BCUT2D eigenvalue weighted by Crippen LogP contribution is -2.52. The summed E-state index contributed by atoms with van der Waals surface area (Å²) in [6.45, 7) is 3.68. The molecule has 0 bridgehead atoms. The maximum absolute atomic E-state index is 13.1. The Labute approximate surface area is 177 Å². The highest BCUT2D eigenvalue weighted by Gasteiger charge is 2.35. The van der Waals surface area contributed by atoms with Crippen LogP contribution in [0.5, 0.6) is 0 Å². The zero-order chi connectivity index (χ0) is 21.7. The number of hydrogen-bond acceptors (Lipinski definition) is 4. The van der Waals surface area contributed by atoms with E-state index in [1.54, 1.807) is 0 Å². The first kappa shape index (κ1) is 22.7. The number of benzene rings is 1. The van der Waals surface area contributed by atoms with Gasteiger partial charge in [0.05, 0.1) is 4.90 Å². The quantitative estimate of drug-likeness (QED) is 0.736. The Morgan fingerprint density at radius 1 is 1.10 bits per heavy atom. The van der Waals surface area contributed by atoms with E-state index in [1.807, 2.05) is 11.8 Å². The first-order valence-electron chi connectivity index (χ1n) is 10.6. The maximum atomic E-state index is 13.1. The lowest BCUT2D eigenvalue weighted by molar-refractivity contribution is -0.138. The van der Waals surface area contributed by atoms with Gasteiger partial charge in [-0.05, 0) is 56.4 Å². The fraction of sp³-hybridized carbons (Fsp3) is 0.619. The van der Waals surface area contributed by atoms with Crippen LogP contribution in [-0.4, -0.2) is 61.7 Å². The molecule has 2 saturated heterocycles. The van der Waals surface area contributed by atoms with Crippen LogP contribution in [0.3, 0.4) is 0 Å². The lowest BCUT2D eigenvalue weighted by Gasteiger charge is -2.37. The Morgan fingerprint density at radius 3 is 2.40 bits per heavy atom. The number of rotatable bonds is 6. The largest absolute Gasteiger partial charge is 0.352 e. The monoisotopic (exact) mass is 439 g/mol. The Balaban J connectivity index is 1.54. The molecule has 1 aromatic rings. The van der Waals surface area contributed by atoms with E-state index in [0.29, 0.717) is 32.4 Å². The van der Waals surface area contributed by atoms with Crippen LogP contribution in [0.2, 0.25) is 0 Å². The van der Waals surface area contributed by atoms with E-state index in [4.69, 9.17) is 0 Å². The second-order valence-corrected chi connectivity index (χ2v) is 10.0. The number of sulfonamides is 1. The number of amides is 2. The van der Waals surface area contributed by atoms with Crippen molar-refractivity contribution in [3.05, 3.63) is 30.1 Å². The Bertz CT molecular complexity index is 852. The summed E-state index contributed by atoms with van der Waals surface area (Å²) in [7, 11) is -3.69. The molecule has 7 nitrogen and oxygen atoms in total. The van der Waals surface area contributed by atoms with E-state index >= 15 is 0 Å². The molecule has 2 aliphatic rings. The number of piperidine rings is 2. The zero-order valence-corrected chi connectivity index (χ0v) is 18.2. The molecule has 3 rings (SSSR count).